The summed E-state index contributed by atoms with van der Waals surface area (Å²) in [5, 5.41) is 12.0. The Labute approximate surface area is 102 Å². The second-order valence-electron chi connectivity index (χ2n) is 5.39. The van der Waals surface area contributed by atoms with E-state index in [2.05, 4.69) is 38.0 Å². The zero-order valence-electron chi connectivity index (χ0n) is 10.8. The minimum absolute atomic E-state index is 0.0689. The van der Waals surface area contributed by atoms with Gasteiger partial charge in [-0.25, -0.2) is 9.78 Å². The number of carbonyl (C=O) groups is 1. The largest absolute Gasteiger partial charge is 0.477 e. The molecule has 1 aromatic heterocycles. The molecular formula is C13H20N2O2. The zero-order chi connectivity index (χ0) is 13.1. The van der Waals surface area contributed by atoms with Crippen LogP contribution in [0.3, 0.4) is 0 Å². The Morgan fingerprint density at radius 1 is 1.47 bits per heavy atom. The van der Waals surface area contributed by atoms with Gasteiger partial charge in [-0.1, -0.05) is 27.7 Å². The highest BCUT2D eigenvalue weighted by Crippen LogP contribution is 2.25. The number of carboxylic acid groups (broad SMARTS) is 1. The third-order valence-corrected chi connectivity index (χ3v) is 3.07. The maximum atomic E-state index is 10.6. The highest BCUT2D eigenvalue weighted by molar-refractivity contribution is 5.85. The first-order chi connectivity index (χ1) is 7.80. The molecule has 1 unspecified atom stereocenters. The molecule has 0 saturated heterocycles. The fraction of sp³-hybridized carbons (Fsp3) is 0.538. The molecule has 0 saturated carbocycles. The summed E-state index contributed by atoms with van der Waals surface area (Å²) in [4.78, 5) is 14.5. The van der Waals surface area contributed by atoms with E-state index in [4.69, 9.17) is 5.11 Å². The number of carboxylic acids is 1. The van der Waals surface area contributed by atoms with Crippen LogP contribution in [-0.2, 0) is 0 Å². The van der Waals surface area contributed by atoms with E-state index in [0.29, 0.717) is 5.92 Å². The lowest BCUT2D eigenvalue weighted by atomic mass is 9.82. The molecule has 0 aliphatic heterocycles. The van der Waals surface area contributed by atoms with E-state index >= 15 is 0 Å². The van der Waals surface area contributed by atoms with E-state index in [1.165, 1.54) is 6.07 Å². The molecule has 4 nitrogen and oxygen atoms in total. The summed E-state index contributed by atoms with van der Waals surface area (Å²) in [5.41, 5.74) is 1.17. The number of aromatic nitrogens is 1. The van der Waals surface area contributed by atoms with E-state index in [9.17, 15) is 4.79 Å². The van der Waals surface area contributed by atoms with Crippen molar-refractivity contribution in [2.45, 2.75) is 27.7 Å². The van der Waals surface area contributed by atoms with Crippen LogP contribution in [0.15, 0.2) is 18.3 Å². The van der Waals surface area contributed by atoms with E-state index in [1.54, 1.807) is 12.3 Å². The van der Waals surface area contributed by atoms with E-state index in [-0.39, 0.29) is 11.1 Å². The Morgan fingerprint density at radius 3 is 2.53 bits per heavy atom. The Morgan fingerprint density at radius 2 is 2.12 bits per heavy atom. The number of hydrogen-bond donors (Lipinski definition) is 2. The average Bonchev–Trinajstić information content (AvgIpc) is 2.25. The lowest BCUT2D eigenvalue weighted by Gasteiger charge is -2.27. The van der Waals surface area contributed by atoms with Gasteiger partial charge in [-0.3, -0.25) is 0 Å². The Balaban J connectivity index is 2.56. The second-order valence-corrected chi connectivity index (χ2v) is 5.39. The monoisotopic (exact) mass is 236 g/mol. The third kappa shape index (κ3) is 4.06. The second kappa shape index (κ2) is 5.17. The number of pyridine rings is 1. The average molecular weight is 236 g/mol. The van der Waals surface area contributed by atoms with Gasteiger partial charge in [-0.15, -0.1) is 0 Å². The molecular weight excluding hydrogens is 216 g/mol. The van der Waals surface area contributed by atoms with Crippen LogP contribution < -0.4 is 5.32 Å². The molecule has 2 N–H and O–H groups in total. The smallest absolute Gasteiger partial charge is 0.354 e. The van der Waals surface area contributed by atoms with E-state index < -0.39 is 5.97 Å². The van der Waals surface area contributed by atoms with E-state index in [1.807, 2.05) is 0 Å². The molecule has 17 heavy (non-hydrogen) atoms. The van der Waals surface area contributed by atoms with Gasteiger partial charge in [-0.05, 0) is 23.5 Å². The summed E-state index contributed by atoms with van der Waals surface area (Å²) < 4.78 is 0. The maximum absolute atomic E-state index is 10.6. The zero-order valence-corrected chi connectivity index (χ0v) is 10.8. The van der Waals surface area contributed by atoms with Crippen LogP contribution in [0.1, 0.15) is 38.2 Å². The van der Waals surface area contributed by atoms with Crippen molar-refractivity contribution in [1.29, 1.82) is 0 Å². The van der Waals surface area contributed by atoms with Gasteiger partial charge in [0.2, 0.25) is 0 Å². The summed E-state index contributed by atoms with van der Waals surface area (Å²) in [7, 11) is 0. The first-order valence-electron chi connectivity index (χ1n) is 5.74. The van der Waals surface area contributed by atoms with Crippen LogP contribution in [0.2, 0.25) is 0 Å². The van der Waals surface area contributed by atoms with Gasteiger partial charge < -0.3 is 10.4 Å². The van der Waals surface area contributed by atoms with Gasteiger partial charge >= 0.3 is 5.97 Å². The number of anilines is 1. The summed E-state index contributed by atoms with van der Waals surface area (Å²) in [5.74, 6) is -0.485. The number of hydrogen-bond acceptors (Lipinski definition) is 3. The minimum atomic E-state index is -1.00. The van der Waals surface area contributed by atoms with Crippen LogP contribution >= 0.6 is 0 Å². The van der Waals surface area contributed by atoms with Gasteiger partial charge in [0.05, 0.1) is 11.9 Å². The molecule has 0 fully saturated rings. The van der Waals surface area contributed by atoms with Crippen molar-refractivity contribution in [3.05, 3.63) is 24.0 Å². The molecule has 0 spiro atoms. The molecule has 1 rings (SSSR count). The van der Waals surface area contributed by atoms with Crippen molar-refractivity contribution >= 4 is 11.7 Å². The van der Waals surface area contributed by atoms with Gasteiger partial charge in [0.1, 0.15) is 5.69 Å². The van der Waals surface area contributed by atoms with Crippen molar-refractivity contribution in [2.75, 3.05) is 11.9 Å². The van der Waals surface area contributed by atoms with Crippen molar-refractivity contribution < 1.29 is 9.90 Å². The molecule has 0 amide bonds. The Kier molecular flexibility index (Phi) is 4.10. The molecule has 1 atom stereocenters. The van der Waals surface area contributed by atoms with Crippen molar-refractivity contribution in [2.24, 2.45) is 11.3 Å². The Bertz CT molecular complexity index is 379. The lowest BCUT2D eigenvalue weighted by Crippen LogP contribution is -2.24. The topological polar surface area (TPSA) is 62.2 Å². The molecule has 0 bridgehead atoms. The lowest BCUT2D eigenvalue weighted by molar-refractivity contribution is 0.0690. The predicted octanol–water partition coefficient (Wildman–Crippen LogP) is 2.87. The van der Waals surface area contributed by atoms with Gasteiger partial charge in [0.15, 0.2) is 0 Å². The number of rotatable bonds is 4. The van der Waals surface area contributed by atoms with Crippen LogP contribution in [0.5, 0.6) is 0 Å². The van der Waals surface area contributed by atoms with Crippen molar-refractivity contribution in [3.8, 4) is 0 Å². The minimum Gasteiger partial charge on any atom is -0.477 e. The standard InChI is InChI=1S/C13H20N2O2/c1-9(13(2,3)4)7-14-10-5-6-11(12(16)17)15-8-10/h5-6,8-9,14H,7H2,1-4H3,(H,16,17). The first-order valence-corrected chi connectivity index (χ1v) is 5.74. The maximum Gasteiger partial charge on any atom is 0.354 e. The number of nitrogens with one attached hydrogen (secondary N) is 1. The highest BCUT2D eigenvalue weighted by atomic mass is 16.4. The normalized spacial score (nSPS) is 13.2. The third-order valence-electron chi connectivity index (χ3n) is 3.07. The molecule has 0 aromatic carbocycles. The summed E-state index contributed by atoms with van der Waals surface area (Å²) in [6.07, 6.45) is 1.55. The molecule has 0 aliphatic rings. The van der Waals surface area contributed by atoms with Crippen molar-refractivity contribution in [1.82, 2.24) is 4.98 Å². The van der Waals surface area contributed by atoms with Crippen molar-refractivity contribution in [3.63, 3.8) is 0 Å². The van der Waals surface area contributed by atoms with Crippen LogP contribution in [-0.4, -0.2) is 22.6 Å². The van der Waals surface area contributed by atoms with Gasteiger partial charge in [0.25, 0.3) is 0 Å². The van der Waals surface area contributed by atoms with Crippen LogP contribution in [0.25, 0.3) is 0 Å². The fourth-order valence-electron chi connectivity index (χ4n) is 1.20. The first kappa shape index (κ1) is 13.5. The molecule has 0 aliphatic carbocycles. The molecule has 4 heteroatoms. The predicted molar refractivity (Wildman–Crippen MR) is 68.3 cm³/mol. The molecule has 94 valence electrons. The van der Waals surface area contributed by atoms with Crippen LogP contribution in [0, 0.1) is 11.3 Å². The molecule has 0 radical (unpaired) electrons. The number of aromatic carboxylic acids is 1. The fourth-order valence-corrected chi connectivity index (χ4v) is 1.20. The SMILES string of the molecule is CC(CNc1ccc(C(=O)O)nc1)C(C)(C)C. The quantitative estimate of drug-likeness (QED) is 0.843. The summed E-state index contributed by atoms with van der Waals surface area (Å²) >= 11 is 0. The molecule has 1 aromatic rings. The molecule has 1 heterocycles. The summed E-state index contributed by atoms with van der Waals surface area (Å²) in [6, 6.07) is 3.25. The highest BCUT2D eigenvalue weighted by Gasteiger charge is 2.19. The summed E-state index contributed by atoms with van der Waals surface area (Å²) in [6.45, 7) is 9.63. The van der Waals surface area contributed by atoms with E-state index in [0.717, 1.165) is 12.2 Å². The number of nitrogens with zero attached hydrogens (tertiary/aromatic N) is 1. The Hall–Kier alpha value is -1.58. The van der Waals surface area contributed by atoms with Crippen LogP contribution in [0.4, 0.5) is 5.69 Å². The van der Waals surface area contributed by atoms with Gasteiger partial charge in [-0.2, -0.15) is 0 Å². The van der Waals surface area contributed by atoms with Gasteiger partial charge in [0, 0.05) is 6.54 Å².